The third-order valence-electron chi connectivity index (χ3n) is 2.11. The van der Waals surface area contributed by atoms with E-state index in [2.05, 4.69) is 31.4 Å². The van der Waals surface area contributed by atoms with E-state index in [4.69, 9.17) is 0 Å². The molecule has 3 nitrogen and oxygen atoms in total. The lowest BCUT2D eigenvalue weighted by atomic mass is 9.84. The average molecular weight is 223 g/mol. The molecule has 0 rings (SSSR count). The number of amides is 1. The van der Waals surface area contributed by atoms with Gasteiger partial charge in [0, 0.05) is 13.0 Å². The fourth-order valence-electron chi connectivity index (χ4n) is 1.26. The minimum absolute atomic E-state index is 0. The van der Waals surface area contributed by atoms with Crippen molar-refractivity contribution in [1.29, 1.82) is 0 Å². The number of rotatable bonds is 4. The molecule has 0 saturated carbocycles. The molecule has 0 aliphatic heterocycles. The molecule has 0 radical (unpaired) electrons. The van der Waals surface area contributed by atoms with Crippen molar-refractivity contribution in [3.05, 3.63) is 0 Å². The van der Waals surface area contributed by atoms with E-state index in [0.717, 1.165) is 13.0 Å². The maximum Gasteiger partial charge on any atom is 0.217 e. The second-order valence-electron chi connectivity index (χ2n) is 4.51. The smallest absolute Gasteiger partial charge is 0.217 e. The minimum Gasteiger partial charge on any atom is -0.353 e. The van der Waals surface area contributed by atoms with Crippen LogP contribution in [0.15, 0.2) is 0 Å². The van der Waals surface area contributed by atoms with E-state index < -0.39 is 0 Å². The number of hydrogen-bond donors (Lipinski definition) is 2. The molecule has 2 N–H and O–H groups in total. The number of carbonyl (C=O) groups excluding carboxylic acids is 1. The van der Waals surface area contributed by atoms with Gasteiger partial charge >= 0.3 is 0 Å². The quantitative estimate of drug-likeness (QED) is 0.758. The normalized spacial score (nSPS) is 12.9. The van der Waals surface area contributed by atoms with Crippen LogP contribution in [0.1, 0.15) is 34.1 Å². The third-order valence-corrected chi connectivity index (χ3v) is 2.11. The number of halogens is 1. The fraction of sp³-hybridized carbons (Fsp3) is 0.900. The van der Waals surface area contributed by atoms with Crippen LogP contribution in [0.2, 0.25) is 0 Å². The van der Waals surface area contributed by atoms with Gasteiger partial charge < -0.3 is 10.6 Å². The Balaban J connectivity index is 0. The van der Waals surface area contributed by atoms with E-state index in [1.807, 2.05) is 7.05 Å². The predicted octanol–water partition coefficient (Wildman–Crippen LogP) is 1.57. The van der Waals surface area contributed by atoms with Gasteiger partial charge in [0.05, 0.1) is 0 Å². The average Bonchev–Trinajstić information content (AvgIpc) is 1.95. The van der Waals surface area contributed by atoms with Crippen LogP contribution in [0.25, 0.3) is 0 Å². The summed E-state index contributed by atoms with van der Waals surface area (Å²) in [5, 5.41) is 6.07. The summed E-state index contributed by atoms with van der Waals surface area (Å²) in [6.45, 7) is 8.93. The Labute approximate surface area is 93.4 Å². The van der Waals surface area contributed by atoms with E-state index in [1.165, 1.54) is 0 Å². The van der Waals surface area contributed by atoms with Gasteiger partial charge in [0.1, 0.15) is 0 Å². The summed E-state index contributed by atoms with van der Waals surface area (Å²) in [7, 11) is 1.92. The Morgan fingerprint density at radius 2 is 1.86 bits per heavy atom. The van der Waals surface area contributed by atoms with E-state index in [9.17, 15) is 4.79 Å². The molecule has 1 amide bonds. The second-order valence-corrected chi connectivity index (χ2v) is 4.51. The van der Waals surface area contributed by atoms with Gasteiger partial charge in [-0.1, -0.05) is 20.8 Å². The van der Waals surface area contributed by atoms with Gasteiger partial charge in [-0.15, -0.1) is 12.4 Å². The van der Waals surface area contributed by atoms with E-state index >= 15 is 0 Å². The Kier molecular flexibility index (Phi) is 8.16. The summed E-state index contributed by atoms with van der Waals surface area (Å²) in [6.07, 6.45) is 0.972. The van der Waals surface area contributed by atoms with Crippen molar-refractivity contribution in [2.75, 3.05) is 13.6 Å². The third kappa shape index (κ3) is 7.15. The van der Waals surface area contributed by atoms with Crippen molar-refractivity contribution in [1.82, 2.24) is 10.6 Å². The van der Waals surface area contributed by atoms with Crippen molar-refractivity contribution in [3.63, 3.8) is 0 Å². The molecule has 0 fully saturated rings. The SMILES string of the molecule is CNCCC(NC(C)=O)C(C)(C)C.Cl. The summed E-state index contributed by atoms with van der Waals surface area (Å²) in [6, 6.07) is 0.248. The van der Waals surface area contributed by atoms with Crippen LogP contribution in [0.3, 0.4) is 0 Å². The van der Waals surface area contributed by atoms with Crippen LogP contribution >= 0.6 is 12.4 Å². The Hall–Kier alpha value is -0.280. The Morgan fingerprint density at radius 3 is 2.14 bits per heavy atom. The molecule has 0 aliphatic rings. The molecule has 86 valence electrons. The first-order chi connectivity index (χ1) is 5.88. The molecule has 0 spiro atoms. The van der Waals surface area contributed by atoms with Gasteiger partial charge in [-0.3, -0.25) is 4.79 Å². The highest BCUT2D eigenvalue weighted by Crippen LogP contribution is 2.21. The van der Waals surface area contributed by atoms with E-state index in [-0.39, 0.29) is 29.8 Å². The van der Waals surface area contributed by atoms with Gasteiger partial charge in [0.2, 0.25) is 5.91 Å². The van der Waals surface area contributed by atoms with Crippen molar-refractivity contribution in [3.8, 4) is 0 Å². The van der Waals surface area contributed by atoms with E-state index in [1.54, 1.807) is 6.92 Å². The van der Waals surface area contributed by atoms with Crippen LogP contribution in [-0.2, 0) is 4.79 Å². The first kappa shape index (κ1) is 16.2. The highest BCUT2D eigenvalue weighted by atomic mass is 35.5. The van der Waals surface area contributed by atoms with Gasteiger partial charge in [-0.2, -0.15) is 0 Å². The van der Waals surface area contributed by atoms with Gasteiger partial charge in [0.15, 0.2) is 0 Å². The first-order valence-electron chi connectivity index (χ1n) is 4.79. The highest BCUT2D eigenvalue weighted by molar-refractivity contribution is 5.85. The van der Waals surface area contributed by atoms with Crippen molar-refractivity contribution in [2.45, 2.75) is 40.2 Å². The Bertz CT molecular complexity index is 166. The zero-order valence-corrected chi connectivity index (χ0v) is 10.6. The van der Waals surface area contributed by atoms with Crippen LogP contribution < -0.4 is 10.6 Å². The summed E-state index contributed by atoms with van der Waals surface area (Å²) in [5.74, 6) is 0.0519. The van der Waals surface area contributed by atoms with E-state index in [0.29, 0.717) is 0 Å². The predicted molar refractivity (Wildman–Crippen MR) is 62.9 cm³/mol. The van der Waals surface area contributed by atoms with Crippen LogP contribution in [0, 0.1) is 5.41 Å². The van der Waals surface area contributed by atoms with Gasteiger partial charge in [-0.05, 0) is 25.4 Å². The first-order valence-corrected chi connectivity index (χ1v) is 4.79. The summed E-state index contributed by atoms with van der Waals surface area (Å²) in [5.41, 5.74) is 0.127. The molecular formula is C10H23ClN2O. The maximum atomic E-state index is 10.9. The fourth-order valence-corrected chi connectivity index (χ4v) is 1.26. The summed E-state index contributed by atoms with van der Waals surface area (Å²) < 4.78 is 0. The van der Waals surface area contributed by atoms with Gasteiger partial charge in [-0.25, -0.2) is 0 Å². The molecule has 1 unspecified atom stereocenters. The van der Waals surface area contributed by atoms with Crippen LogP contribution in [-0.4, -0.2) is 25.5 Å². The molecule has 0 heterocycles. The summed E-state index contributed by atoms with van der Waals surface area (Å²) in [4.78, 5) is 10.9. The molecule has 0 aromatic carbocycles. The highest BCUT2D eigenvalue weighted by Gasteiger charge is 2.24. The topological polar surface area (TPSA) is 41.1 Å². The number of nitrogens with one attached hydrogen (secondary N) is 2. The lowest BCUT2D eigenvalue weighted by Gasteiger charge is -2.31. The molecule has 4 heteroatoms. The number of hydrogen-bond acceptors (Lipinski definition) is 2. The zero-order valence-electron chi connectivity index (χ0n) is 9.81. The lowest BCUT2D eigenvalue weighted by molar-refractivity contribution is -0.120. The largest absolute Gasteiger partial charge is 0.353 e. The Morgan fingerprint density at radius 1 is 1.36 bits per heavy atom. The van der Waals surface area contributed by atoms with Crippen molar-refractivity contribution < 1.29 is 4.79 Å². The zero-order chi connectivity index (χ0) is 10.5. The van der Waals surface area contributed by atoms with Gasteiger partial charge in [0.25, 0.3) is 0 Å². The molecule has 0 bridgehead atoms. The lowest BCUT2D eigenvalue weighted by Crippen LogP contribution is -2.44. The molecule has 0 aromatic heterocycles. The van der Waals surface area contributed by atoms with Crippen LogP contribution in [0.4, 0.5) is 0 Å². The molecule has 0 aliphatic carbocycles. The molecular weight excluding hydrogens is 200 g/mol. The standard InChI is InChI=1S/C10H22N2O.ClH/c1-8(13)12-9(6-7-11-5)10(2,3)4;/h9,11H,6-7H2,1-5H3,(H,12,13);1H. The summed E-state index contributed by atoms with van der Waals surface area (Å²) >= 11 is 0. The van der Waals surface area contributed by atoms with Crippen molar-refractivity contribution in [2.24, 2.45) is 5.41 Å². The molecule has 14 heavy (non-hydrogen) atoms. The van der Waals surface area contributed by atoms with Crippen LogP contribution in [0.5, 0.6) is 0 Å². The second kappa shape index (κ2) is 7.07. The molecule has 0 aromatic rings. The molecule has 0 saturated heterocycles. The minimum atomic E-state index is 0. The van der Waals surface area contributed by atoms with Crippen molar-refractivity contribution >= 4 is 18.3 Å². The monoisotopic (exact) mass is 222 g/mol. The molecule has 1 atom stereocenters. The maximum absolute atomic E-state index is 10.9. The number of carbonyl (C=O) groups is 1.